The molecule has 1 aliphatic rings. The number of hydrogen-bond donors (Lipinski definition) is 2. The lowest BCUT2D eigenvalue weighted by atomic mass is 10.2. The second-order valence-electron chi connectivity index (χ2n) is 5.34. The molecule has 1 saturated carbocycles. The van der Waals surface area contributed by atoms with Crippen molar-refractivity contribution in [2.24, 2.45) is 5.92 Å². The van der Waals surface area contributed by atoms with Gasteiger partial charge >= 0.3 is 5.97 Å². The van der Waals surface area contributed by atoms with Crippen molar-refractivity contribution in [2.45, 2.75) is 25.9 Å². The number of carboxylic acids is 1. The summed E-state index contributed by atoms with van der Waals surface area (Å²) < 4.78 is 0. The Bertz CT molecular complexity index is 635. The average Bonchev–Trinajstić information content (AvgIpc) is 3.06. The fourth-order valence-electron chi connectivity index (χ4n) is 2.62. The Hall–Kier alpha value is -1.88. The summed E-state index contributed by atoms with van der Waals surface area (Å²) in [5.41, 5.74) is 3.18. The minimum atomic E-state index is -0.684. The number of rotatable bonds is 4. The molecule has 5 nitrogen and oxygen atoms in total. The number of fused-ring (bicyclic) bond motifs is 1. The molecule has 3 rings (SSSR count). The van der Waals surface area contributed by atoms with Gasteiger partial charge in [-0.3, -0.25) is 9.69 Å². The van der Waals surface area contributed by atoms with Crippen LogP contribution in [0.15, 0.2) is 18.2 Å². The summed E-state index contributed by atoms with van der Waals surface area (Å²) in [5.74, 6) is 0.0354. The Balaban J connectivity index is 1.73. The van der Waals surface area contributed by atoms with Crippen LogP contribution in [0.3, 0.4) is 0 Å². The molecule has 0 radical (unpaired) electrons. The van der Waals surface area contributed by atoms with Crippen molar-refractivity contribution in [3.05, 3.63) is 29.6 Å². The smallest absolute Gasteiger partial charge is 0.308 e. The molecular formula is C14H17N3O2. The third-order valence-electron chi connectivity index (χ3n) is 3.74. The SMILES string of the molecule is Cc1nc2ccc(CN(C)C3CC3C(=O)O)cc2[nH]1. The van der Waals surface area contributed by atoms with Crippen LogP contribution in [0.25, 0.3) is 11.0 Å². The topological polar surface area (TPSA) is 69.2 Å². The molecule has 1 aliphatic carbocycles. The molecule has 2 aromatic rings. The van der Waals surface area contributed by atoms with E-state index in [0.717, 1.165) is 29.8 Å². The Morgan fingerprint density at radius 1 is 1.58 bits per heavy atom. The average molecular weight is 259 g/mol. The largest absolute Gasteiger partial charge is 0.481 e. The molecule has 2 N–H and O–H groups in total. The van der Waals surface area contributed by atoms with Gasteiger partial charge in [-0.2, -0.15) is 0 Å². The number of aliphatic carboxylic acids is 1. The van der Waals surface area contributed by atoms with E-state index in [1.54, 1.807) is 0 Å². The van der Waals surface area contributed by atoms with Gasteiger partial charge in [0, 0.05) is 12.6 Å². The molecular weight excluding hydrogens is 242 g/mol. The third-order valence-corrected chi connectivity index (χ3v) is 3.74. The Kier molecular flexibility index (Phi) is 2.78. The second-order valence-corrected chi connectivity index (χ2v) is 5.34. The number of aryl methyl sites for hydroxylation is 1. The summed E-state index contributed by atoms with van der Waals surface area (Å²) in [5, 5.41) is 8.94. The molecule has 0 bridgehead atoms. The van der Waals surface area contributed by atoms with E-state index in [9.17, 15) is 4.79 Å². The van der Waals surface area contributed by atoms with Crippen LogP contribution in [-0.4, -0.2) is 39.0 Å². The van der Waals surface area contributed by atoms with Gasteiger partial charge in [0.15, 0.2) is 0 Å². The number of aromatic nitrogens is 2. The number of carboxylic acid groups (broad SMARTS) is 1. The Morgan fingerprint density at radius 2 is 2.37 bits per heavy atom. The first-order chi connectivity index (χ1) is 9.04. The van der Waals surface area contributed by atoms with Crippen molar-refractivity contribution in [3.63, 3.8) is 0 Å². The van der Waals surface area contributed by atoms with Gasteiger partial charge in [-0.05, 0) is 38.1 Å². The van der Waals surface area contributed by atoms with Crippen LogP contribution in [-0.2, 0) is 11.3 Å². The number of imidazole rings is 1. The Morgan fingerprint density at radius 3 is 3.05 bits per heavy atom. The quantitative estimate of drug-likeness (QED) is 0.878. The maximum Gasteiger partial charge on any atom is 0.308 e. The molecule has 0 spiro atoms. The van der Waals surface area contributed by atoms with Crippen molar-refractivity contribution in [2.75, 3.05) is 7.05 Å². The highest BCUT2D eigenvalue weighted by atomic mass is 16.4. The number of benzene rings is 1. The van der Waals surface area contributed by atoms with Gasteiger partial charge < -0.3 is 10.1 Å². The maximum atomic E-state index is 10.9. The summed E-state index contributed by atoms with van der Waals surface area (Å²) >= 11 is 0. The normalized spacial score (nSPS) is 22.1. The van der Waals surface area contributed by atoms with E-state index in [1.165, 1.54) is 5.56 Å². The number of H-pyrrole nitrogens is 1. The predicted molar refractivity (Wildman–Crippen MR) is 71.8 cm³/mol. The zero-order valence-electron chi connectivity index (χ0n) is 11.1. The van der Waals surface area contributed by atoms with E-state index in [4.69, 9.17) is 5.11 Å². The molecule has 1 heterocycles. The van der Waals surface area contributed by atoms with Crippen molar-refractivity contribution >= 4 is 17.0 Å². The van der Waals surface area contributed by atoms with Crippen molar-refractivity contribution in [1.82, 2.24) is 14.9 Å². The molecule has 0 saturated heterocycles. The molecule has 100 valence electrons. The van der Waals surface area contributed by atoms with Crippen molar-refractivity contribution in [1.29, 1.82) is 0 Å². The van der Waals surface area contributed by atoms with Gasteiger partial charge in [0.2, 0.25) is 0 Å². The van der Waals surface area contributed by atoms with E-state index in [2.05, 4.69) is 27.0 Å². The Labute approximate surface area is 111 Å². The van der Waals surface area contributed by atoms with Gasteiger partial charge in [0.25, 0.3) is 0 Å². The molecule has 1 aromatic carbocycles. The summed E-state index contributed by atoms with van der Waals surface area (Å²) in [4.78, 5) is 20.6. The highest BCUT2D eigenvalue weighted by molar-refractivity contribution is 5.76. The summed E-state index contributed by atoms with van der Waals surface area (Å²) in [7, 11) is 1.98. The van der Waals surface area contributed by atoms with Crippen LogP contribution in [0.4, 0.5) is 0 Å². The molecule has 0 amide bonds. The standard InChI is InChI=1S/C14H17N3O2/c1-8-15-11-4-3-9(5-12(11)16-8)7-17(2)13-6-10(13)14(18)19/h3-5,10,13H,6-7H2,1-2H3,(H,15,16)(H,18,19). The van der Waals surface area contributed by atoms with E-state index in [-0.39, 0.29) is 12.0 Å². The van der Waals surface area contributed by atoms with E-state index < -0.39 is 5.97 Å². The van der Waals surface area contributed by atoms with E-state index in [0.29, 0.717) is 0 Å². The minimum Gasteiger partial charge on any atom is -0.481 e. The number of nitrogens with one attached hydrogen (secondary N) is 1. The number of nitrogens with zero attached hydrogens (tertiary/aromatic N) is 2. The monoisotopic (exact) mass is 259 g/mol. The van der Waals surface area contributed by atoms with Gasteiger partial charge in [-0.1, -0.05) is 6.07 Å². The second kappa shape index (κ2) is 4.35. The number of carbonyl (C=O) groups is 1. The van der Waals surface area contributed by atoms with Crippen molar-refractivity contribution < 1.29 is 9.90 Å². The number of aromatic amines is 1. The molecule has 2 atom stereocenters. The lowest BCUT2D eigenvalue weighted by Gasteiger charge is -2.16. The fourth-order valence-corrected chi connectivity index (χ4v) is 2.62. The molecule has 0 aliphatic heterocycles. The van der Waals surface area contributed by atoms with Crippen LogP contribution in [0.2, 0.25) is 0 Å². The zero-order chi connectivity index (χ0) is 13.6. The van der Waals surface area contributed by atoms with Gasteiger partial charge in [0.05, 0.1) is 17.0 Å². The summed E-state index contributed by atoms with van der Waals surface area (Å²) in [6, 6.07) is 6.32. The minimum absolute atomic E-state index is 0.177. The first-order valence-electron chi connectivity index (χ1n) is 6.43. The van der Waals surface area contributed by atoms with Gasteiger partial charge in [0.1, 0.15) is 5.82 Å². The zero-order valence-corrected chi connectivity index (χ0v) is 11.1. The van der Waals surface area contributed by atoms with Crippen LogP contribution in [0.5, 0.6) is 0 Å². The summed E-state index contributed by atoms with van der Waals surface area (Å²) in [6.45, 7) is 2.70. The number of hydrogen-bond acceptors (Lipinski definition) is 3. The molecule has 19 heavy (non-hydrogen) atoms. The van der Waals surface area contributed by atoms with Gasteiger partial charge in [-0.25, -0.2) is 4.98 Å². The van der Waals surface area contributed by atoms with Crippen LogP contribution in [0, 0.1) is 12.8 Å². The first kappa shape index (κ1) is 12.2. The van der Waals surface area contributed by atoms with E-state index >= 15 is 0 Å². The van der Waals surface area contributed by atoms with Crippen molar-refractivity contribution in [3.8, 4) is 0 Å². The highest BCUT2D eigenvalue weighted by Gasteiger charge is 2.45. The maximum absolute atomic E-state index is 10.9. The van der Waals surface area contributed by atoms with Crippen LogP contribution in [0.1, 0.15) is 17.8 Å². The van der Waals surface area contributed by atoms with Crippen LogP contribution >= 0.6 is 0 Å². The molecule has 1 aromatic heterocycles. The predicted octanol–water partition coefficient (Wildman–Crippen LogP) is 1.78. The first-order valence-corrected chi connectivity index (χ1v) is 6.43. The lowest BCUT2D eigenvalue weighted by Crippen LogP contribution is -2.23. The summed E-state index contributed by atoms with van der Waals surface area (Å²) in [6.07, 6.45) is 0.761. The third kappa shape index (κ3) is 2.33. The van der Waals surface area contributed by atoms with Crippen LogP contribution < -0.4 is 0 Å². The van der Waals surface area contributed by atoms with E-state index in [1.807, 2.05) is 20.0 Å². The molecule has 1 fully saturated rings. The fraction of sp³-hybridized carbons (Fsp3) is 0.429. The van der Waals surface area contributed by atoms with Gasteiger partial charge in [-0.15, -0.1) is 0 Å². The molecule has 5 heteroatoms. The highest BCUT2D eigenvalue weighted by Crippen LogP contribution is 2.35. The lowest BCUT2D eigenvalue weighted by molar-refractivity contribution is -0.138. The molecule has 2 unspecified atom stereocenters.